The first kappa shape index (κ1) is 11.5. The summed E-state index contributed by atoms with van der Waals surface area (Å²) in [4.78, 5) is 0. The van der Waals surface area contributed by atoms with Gasteiger partial charge in [0.1, 0.15) is 11.6 Å². The van der Waals surface area contributed by atoms with Crippen molar-refractivity contribution in [3.63, 3.8) is 0 Å². The molecule has 0 heterocycles. The summed E-state index contributed by atoms with van der Waals surface area (Å²) in [5, 5.41) is 8.53. The quantitative estimate of drug-likeness (QED) is 0.828. The predicted octanol–water partition coefficient (Wildman–Crippen LogP) is 2.74. The van der Waals surface area contributed by atoms with E-state index in [9.17, 15) is 4.39 Å². The molecule has 1 aromatic rings. The topological polar surface area (TPSA) is 29.5 Å². The molecule has 1 N–H and O–H groups in total. The smallest absolute Gasteiger partial charge is 0.128 e. The number of hydrogen-bond acceptors (Lipinski definition) is 2. The molecular weight excluding hydrogens is 251 g/mol. The number of benzene rings is 1. The van der Waals surface area contributed by atoms with Crippen LogP contribution in [-0.4, -0.2) is 18.3 Å². The summed E-state index contributed by atoms with van der Waals surface area (Å²) in [6.07, 6.45) is 1.47. The van der Waals surface area contributed by atoms with E-state index in [0.717, 1.165) is 6.42 Å². The number of aliphatic hydroxyl groups is 1. The molecule has 0 saturated carbocycles. The highest BCUT2D eigenvalue weighted by molar-refractivity contribution is 9.10. The number of ether oxygens (including phenoxy) is 1. The number of rotatable bonds is 5. The van der Waals surface area contributed by atoms with Gasteiger partial charge in [0.25, 0.3) is 0 Å². The van der Waals surface area contributed by atoms with E-state index < -0.39 is 0 Å². The lowest BCUT2D eigenvalue weighted by atomic mass is 10.3. The minimum absolute atomic E-state index is 0.163. The first-order valence-corrected chi connectivity index (χ1v) is 5.21. The van der Waals surface area contributed by atoms with E-state index in [2.05, 4.69) is 15.9 Å². The van der Waals surface area contributed by atoms with E-state index in [-0.39, 0.29) is 12.4 Å². The van der Waals surface area contributed by atoms with Gasteiger partial charge in [-0.05, 0) is 25.0 Å². The molecule has 0 atom stereocenters. The molecule has 0 saturated heterocycles. The molecule has 1 rings (SSSR count). The molecule has 0 aromatic heterocycles. The lowest BCUT2D eigenvalue weighted by Crippen LogP contribution is -1.98. The summed E-state index contributed by atoms with van der Waals surface area (Å²) in [6, 6.07) is 4.42. The second kappa shape index (κ2) is 5.98. The van der Waals surface area contributed by atoms with Gasteiger partial charge in [-0.3, -0.25) is 0 Å². The Hall–Kier alpha value is -0.610. The average Bonchev–Trinajstić information content (AvgIpc) is 2.11. The third kappa shape index (κ3) is 4.07. The van der Waals surface area contributed by atoms with Crippen molar-refractivity contribution in [1.82, 2.24) is 0 Å². The molecule has 0 aliphatic rings. The second-order valence-corrected chi connectivity index (χ2v) is 3.80. The van der Waals surface area contributed by atoms with Crippen LogP contribution in [0.5, 0.6) is 5.75 Å². The van der Waals surface area contributed by atoms with Crippen LogP contribution in [-0.2, 0) is 0 Å². The third-order valence-electron chi connectivity index (χ3n) is 1.66. The monoisotopic (exact) mass is 262 g/mol. The van der Waals surface area contributed by atoms with Crippen molar-refractivity contribution < 1.29 is 14.2 Å². The van der Waals surface area contributed by atoms with Crippen LogP contribution in [0.4, 0.5) is 4.39 Å². The van der Waals surface area contributed by atoms with Gasteiger partial charge in [0.05, 0.1) is 6.61 Å². The van der Waals surface area contributed by atoms with Crippen LogP contribution in [0.25, 0.3) is 0 Å². The molecule has 0 aliphatic heterocycles. The molecule has 0 unspecified atom stereocenters. The second-order valence-electron chi connectivity index (χ2n) is 2.88. The molecule has 0 radical (unpaired) electrons. The normalized spacial score (nSPS) is 10.2. The van der Waals surface area contributed by atoms with Crippen LogP contribution < -0.4 is 4.74 Å². The van der Waals surface area contributed by atoms with E-state index in [0.29, 0.717) is 23.2 Å². The fourth-order valence-electron chi connectivity index (χ4n) is 1.02. The van der Waals surface area contributed by atoms with Crippen LogP contribution in [0.2, 0.25) is 0 Å². The van der Waals surface area contributed by atoms with Crippen molar-refractivity contribution in [2.75, 3.05) is 13.2 Å². The van der Waals surface area contributed by atoms with Crippen molar-refractivity contribution in [3.05, 3.63) is 28.5 Å². The number of hydrogen-bond donors (Lipinski definition) is 1. The first-order chi connectivity index (χ1) is 6.72. The van der Waals surface area contributed by atoms with Gasteiger partial charge < -0.3 is 9.84 Å². The summed E-state index contributed by atoms with van der Waals surface area (Å²) < 4.78 is 18.8. The minimum Gasteiger partial charge on any atom is -0.493 e. The van der Waals surface area contributed by atoms with Crippen molar-refractivity contribution in [2.24, 2.45) is 0 Å². The van der Waals surface area contributed by atoms with Crippen molar-refractivity contribution in [1.29, 1.82) is 0 Å². The van der Waals surface area contributed by atoms with E-state index in [1.807, 2.05) is 0 Å². The zero-order chi connectivity index (χ0) is 10.4. The van der Waals surface area contributed by atoms with E-state index in [4.69, 9.17) is 9.84 Å². The number of unbranched alkanes of at least 4 members (excludes halogenated alkanes) is 1. The highest BCUT2D eigenvalue weighted by Crippen LogP contribution is 2.20. The molecule has 0 bridgehead atoms. The molecule has 1 aromatic carbocycles. The largest absolute Gasteiger partial charge is 0.493 e. The first-order valence-electron chi connectivity index (χ1n) is 4.42. The molecule has 0 aliphatic carbocycles. The summed E-state index contributed by atoms with van der Waals surface area (Å²) >= 11 is 3.18. The molecule has 2 nitrogen and oxygen atoms in total. The van der Waals surface area contributed by atoms with Gasteiger partial charge in [-0.25, -0.2) is 4.39 Å². The number of aliphatic hydroxyl groups excluding tert-OH is 1. The molecular formula is C10H12BrFO2. The van der Waals surface area contributed by atoms with Crippen LogP contribution in [0.3, 0.4) is 0 Å². The molecule has 0 amide bonds. The average molecular weight is 263 g/mol. The molecule has 4 heteroatoms. The van der Waals surface area contributed by atoms with Gasteiger partial charge in [-0.15, -0.1) is 0 Å². The summed E-state index contributed by atoms with van der Waals surface area (Å²) in [5.41, 5.74) is 0. The lowest BCUT2D eigenvalue weighted by molar-refractivity contribution is 0.252. The molecule has 14 heavy (non-hydrogen) atoms. The van der Waals surface area contributed by atoms with Crippen LogP contribution in [0, 0.1) is 5.82 Å². The van der Waals surface area contributed by atoms with Gasteiger partial charge >= 0.3 is 0 Å². The van der Waals surface area contributed by atoms with Gasteiger partial charge in [-0.2, -0.15) is 0 Å². The number of halogens is 2. The van der Waals surface area contributed by atoms with Crippen molar-refractivity contribution in [2.45, 2.75) is 12.8 Å². The van der Waals surface area contributed by atoms with E-state index in [1.54, 1.807) is 6.07 Å². The Labute approximate surface area is 90.8 Å². The van der Waals surface area contributed by atoms with Crippen molar-refractivity contribution >= 4 is 15.9 Å². The summed E-state index contributed by atoms with van der Waals surface area (Å²) in [7, 11) is 0. The third-order valence-corrected chi connectivity index (χ3v) is 2.12. The maximum atomic E-state index is 12.9. The standard InChI is InChI=1S/C10H12BrFO2/c11-8-5-9(12)7-10(6-8)14-4-2-1-3-13/h5-7,13H,1-4H2. The van der Waals surface area contributed by atoms with Gasteiger partial charge in [-0.1, -0.05) is 15.9 Å². The Morgan fingerprint density at radius 3 is 2.71 bits per heavy atom. The summed E-state index contributed by atoms with van der Waals surface area (Å²) in [6.45, 7) is 0.659. The molecule has 78 valence electrons. The van der Waals surface area contributed by atoms with Gasteiger partial charge in [0.15, 0.2) is 0 Å². The van der Waals surface area contributed by atoms with Crippen LogP contribution in [0.15, 0.2) is 22.7 Å². The van der Waals surface area contributed by atoms with Gasteiger partial charge in [0, 0.05) is 17.1 Å². The van der Waals surface area contributed by atoms with E-state index >= 15 is 0 Å². The Kier molecular flexibility index (Phi) is 4.90. The highest BCUT2D eigenvalue weighted by Gasteiger charge is 1.99. The van der Waals surface area contributed by atoms with Crippen LogP contribution in [0.1, 0.15) is 12.8 Å². The maximum Gasteiger partial charge on any atom is 0.128 e. The van der Waals surface area contributed by atoms with Crippen molar-refractivity contribution in [3.8, 4) is 5.75 Å². The Morgan fingerprint density at radius 1 is 1.29 bits per heavy atom. The van der Waals surface area contributed by atoms with Crippen LogP contribution >= 0.6 is 15.9 Å². The fraction of sp³-hybridized carbons (Fsp3) is 0.400. The predicted molar refractivity (Wildman–Crippen MR) is 55.9 cm³/mol. The highest BCUT2D eigenvalue weighted by atomic mass is 79.9. The molecule has 0 spiro atoms. The minimum atomic E-state index is -0.323. The van der Waals surface area contributed by atoms with E-state index in [1.165, 1.54) is 12.1 Å². The Bertz CT molecular complexity index is 271. The lowest BCUT2D eigenvalue weighted by Gasteiger charge is -2.05. The SMILES string of the molecule is OCCCCOc1cc(F)cc(Br)c1. The molecule has 0 fully saturated rings. The fourth-order valence-corrected chi connectivity index (χ4v) is 1.46. The maximum absolute atomic E-state index is 12.9. The zero-order valence-electron chi connectivity index (χ0n) is 7.67. The Morgan fingerprint density at radius 2 is 2.07 bits per heavy atom. The zero-order valence-corrected chi connectivity index (χ0v) is 9.26. The summed E-state index contributed by atoms with van der Waals surface area (Å²) in [5.74, 6) is 0.186. The van der Waals surface area contributed by atoms with Gasteiger partial charge in [0.2, 0.25) is 0 Å². The Balaban J connectivity index is 2.42.